The summed E-state index contributed by atoms with van der Waals surface area (Å²) in [6.45, 7) is 2.43. The molecule has 10 nitrogen and oxygen atoms in total. The topological polar surface area (TPSA) is 140 Å². The van der Waals surface area contributed by atoms with Crippen molar-refractivity contribution in [3.05, 3.63) is 58.1 Å². The van der Waals surface area contributed by atoms with E-state index in [4.69, 9.17) is 25.8 Å². The monoisotopic (exact) mass is 548 g/mol. The van der Waals surface area contributed by atoms with E-state index in [-0.39, 0.29) is 28.9 Å². The van der Waals surface area contributed by atoms with Crippen LogP contribution in [-0.4, -0.2) is 50.3 Å². The van der Waals surface area contributed by atoms with Gasteiger partial charge in [0.1, 0.15) is 30.6 Å². The smallest absolute Gasteiger partial charge is 0.268 e. The molecule has 13 heteroatoms. The number of methoxy groups -OCH3 is 1. The molecule has 0 atom stereocenters. The zero-order valence-electron chi connectivity index (χ0n) is 19.4. The zero-order valence-corrected chi connectivity index (χ0v) is 21.8. The number of carbonyl (C=O) groups excluding carboxylic acids is 1. The first kappa shape index (κ1) is 26.9. The van der Waals surface area contributed by atoms with E-state index in [9.17, 15) is 18.5 Å². The number of hydrogen-bond donors (Lipinski definition) is 1. The van der Waals surface area contributed by atoms with E-state index in [0.29, 0.717) is 34.3 Å². The molecule has 0 radical (unpaired) electrons. The summed E-state index contributed by atoms with van der Waals surface area (Å²) in [7, 11) is -2.04. The van der Waals surface area contributed by atoms with Crippen molar-refractivity contribution in [1.29, 1.82) is 5.26 Å². The summed E-state index contributed by atoms with van der Waals surface area (Å²) in [4.78, 5) is 16.2. The van der Waals surface area contributed by atoms with Crippen molar-refractivity contribution in [2.24, 2.45) is 0 Å². The maximum absolute atomic E-state index is 12.4. The molecule has 36 heavy (non-hydrogen) atoms. The lowest BCUT2D eigenvalue weighted by Gasteiger charge is -2.12. The number of halogens is 1. The van der Waals surface area contributed by atoms with Gasteiger partial charge in [0, 0.05) is 17.8 Å². The van der Waals surface area contributed by atoms with Gasteiger partial charge in [-0.3, -0.25) is 10.1 Å². The number of anilines is 1. The lowest BCUT2D eigenvalue weighted by Crippen LogP contribution is -2.13. The van der Waals surface area contributed by atoms with Crippen molar-refractivity contribution in [2.45, 2.75) is 12.1 Å². The number of sulfone groups is 1. The number of aromatic nitrogens is 2. The predicted molar refractivity (Wildman–Crippen MR) is 135 cm³/mol. The minimum Gasteiger partial charge on any atom is -0.493 e. The molecular weight excluding hydrogens is 528 g/mol. The number of nitriles is 1. The van der Waals surface area contributed by atoms with Crippen LogP contribution < -0.4 is 19.5 Å². The number of hydrogen-bond acceptors (Lipinski definition) is 10. The fourth-order valence-corrected chi connectivity index (χ4v) is 4.50. The number of rotatable bonds is 10. The largest absolute Gasteiger partial charge is 0.493 e. The molecule has 0 aliphatic rings. The molecule has 0 saturated carbocycles. The second kappa shape index (κ2) is 11.9. The summed E-state index contributed by atoms with van der Waals surface area (Å²) >= 11 is 6.99. The van der Waals surface area contributed by atoms with Gasteiger partial charge in [-0.15, -0.1) is 0 Å². The molecule has 0 unspecified atom stereocenters. The standard InChI is InChI=1S/C23H21ClN4O6S2/c1-14-4-6-19(20(10-14)32-2)34-9-8-33-18-7-5-15(12-17(18)24)11-16(13-25)21(29)26-22-27-23(28-35-22)36(3,30)31/h4-7,10-12H,8-9H2,1-3H3,(H,26,27,28,29)/b16-11-. The Morgan fingerprint density at radius 3 is 2.47 bits per heavy atom. The van der Waals surface area contributed by atoms with Crippen LogP contribution in [0.15, 0.2) is 47.1 Å². The molecule has 0 aliphatic carbocycles. The Balaban J connectivity index is 1.60. The van der Waals surface area contributed by atoms with Gasteiger partial charge >= 0.3 is 0 Å². The molecule has 0 spiro atoms. The lowest BCUT2D eigenvalue weighted by molar-refractivity contribution is -0.112. The van der Waals surface area contributed by atoms with Crippen LogP contribution >= 0.6 is 23.1 Å². The van der Waals surface area contributed by atoms with Crippen LogP contribution in [-0.2, 0) is 14.6 Å². The van der Waals surface area contributed by atoms with Gasteiger partial charge in [0.05, 0.1) is 12.1 Å². The maximum Gasteiger partial charge on any atom is 0.268 e. The highest BCUT2D eigenvalue weighted by atomic mass is 35.5. The van der Waals surface area contributed by atoms with E-state index in [1.165, 1.54) is 12.1 Å². The van der Waals surface area contributed by atoms with E-state index in [1.54, 1.807) is 25.3 Å². The van der Waals surface area contributed by atoms with Crippen molar-refractivity contribution in [2.75, 3.05) is 31.9 Å². The lowest BCUT2D eigenvalue weighted by atomic mass is 10.1. The molecule has 0 bridgehead atoms. The average Bonchev–Trinajstić information content (AvgIpc) is 3.31. The van der Waals surface area contributed by atoms with Crippen LogP contribution in [0, 0.1) is 18.3 Å². The Bertz CT molecular complexity index is 1450. The number of amides is 1. The first-order chi connectivity index (χ1) is 17.1. The number of benzene rings is 2. The van der Waals surface area contributed by atoms with Crippen LogP contribution in [0.1, 0.15) is 11.1 Å². The predicted octanol–water partition coefficient (Wildman–Crippen LogP) is 3.92. The van der Waals surface area contributed by atoms with Gasteiger partial charge in [0.15, 0.2) is 11.5 Å². The molecule has 1 amide bonds. The van der Waals surface area contributed by atoms with E-state index < -0.39 is 20.9 Å². The second-order valence-electron chi connectivity index (χ2n) is 7.32. The minimum atomic E-state index is -3.61. The highest BCUT2D eigenvalue weighted by Gasteiger charge is 2.17. The number of carbonyl (C=O) groups is 1. The van der Waals surface area contributed by atoms with Crippen LogP contribution in [0.3, 0.4) is 0 Å². The fraction of sp³-hybridized carbons (Fsp3) is 0.217. The molecule has 3 aromatic rings. The summed E-state index contributed by atoms with van der Waals surface area (Å²) in [5.74, 6) is 0.859. The third-order valence-corrected chi connectivity index (χ3v) is 6.40. The molecule has 3 rings (SSSR count). The Morgan fingerprint density at radius 2 is 1.86 bits per heavy atom. The second-order valence-corrected chi connectivity index (χ2v) is 10.4. The molecular formula is C23H21ClN4O6S2. The van der Waals surface area contributed by atoms with Crippen molar-refractivity contribution in [3.8, 4) is 23.3 Å². The molecule has 1 N–H and O–H groups in total. The van der Waals surface area contributed by atoms with Crippen LogP contribution in [0.2, 0.25) is 5.02 Å². The van der Waals surface area contributed by atoms with E-state index in [1.807, 2.05) is 25.1 Å². The first-order valence-corrected chi connectivity index (χ1v) is 13.3. The Hall–Kier alpha value is -3.66. The molecule has 0 fully saturated rings. The SMILES string of the molecule is COc1cc(C)ccc1OCCOc1ccc(/C=C(/C#N)C(=O)Nc2nc(S(C)(=O)=O)ns2)cc1Cl. The first-order valence-electron chi connectivity index (χ1n) is 10.3. The highest BCUT2D eigenvalue weighted by molar-refractivity contribution is 7.90. The molecule has 0 saturated heterocycles. The number of aryl methyl sites for hydroxylation is 1. The Kier molecular flexibility index (Phi) is 8.87. The summed E-state index contributed by atoms with van der Waals surface area (Å²) in [6.07, 6.45) is 2.28. The van der Waals surface area contributed by atoms with Crippen molar-refractivity contribution in [1.82, 2.24) is 9.36 Å². The van der Waals surface area contributed by atoms with Crippen molar-refractivity contribution < 1.29 is 27.4 Å². The average molecular weight is 549 g/mol. The van der Waals surface area contributed by atoms with Gasteiger partial charge in [-0.2, -0.15) is 14.6 Å². The van der Waals surface area contributed by atoms with Crippen molar-refractivity contribution in [3.63, 3.8) is 0 Å². The molecule has 2 aromatic carbocycles. The van der Waals surface area contributed by atoms with E-state index in [0.717, 1.165) is 11.8 Å². The Morgan fingerprint density at radius 1 is 1.17 bits per heavy atom. The minimum absolute atomic E-state index is 0.0474. The number of nitrogens with one attached hydrogen (secondary N) is 1. The summed E-state index contributed by atoms with van der Waals surface area (Å²) < 4.78 is 43.3. The fourth-order valence-electron chi connectivity index (χ4n) is 2.81. The molecule has 188 valence electrons. The highest BCUT2D eigenvalue weighted by Crippen LogP contribution is 2.29. The summed E-state index contributed by atoms with van der Waals surface area (Å²) in [5, 5.41) is 11.6. The quantitative estimate of drug-likeness (QED) is 0.227. The van der Waals surface area contributed by atoms with E-state index >= 15 is 0 Å². The van der Waals surface area contributed by atoms with Crippen LogP contribution in [0.25, 0.3) is 6.08 Å². The third-order valence-electron chi connectivity index (χ3n) is 4.51. The summed E-state index contributed by atoms with van der Waals surface area (Å²) in [5.41, 5.74) is 1.29. The van der Waals surface area contributed by atoms with Gasteiger partial charge < -0.3 is 14.2 Å². The molecule has 1 aromatic heterocycles. The van der Waals surface area contributed by atoms with Gasteiger partial charge in [-0.05, 0) is 48.4 Å². The van der Waals surface area contributed by atoms with Gasteiger partial charge in [-0.1, -0.05) is 23.7 Å². The maximum atomic E-state index is 12.4. The molecule has 0 aliphatic heterocycles. The van der Waals surface area contributed by atoms with Crippen LogP contribution in [0.5, 0.6) is 17.2 Å². The third kappa shape index (κ3) is 7.17. The normalized spacial score (nSPS) is 11.5. The zero-order chi connectivity index (χ0) is 26.3. The van der Waals surface area contributed by atoms with Gasteiger partial charge in [0.25, 0.3) is 11.1 Å². The Labute approximate surface area is 217 Å². The van der Waals surface area contributed by atoms with Gasteiger partial charge in [-0.25, -0.2) is 8.42 Å². The number of ether oxygens (including phenoxy) is 3. The van der Waals surface area contributed by atoms with Crippen LogP contribution in [0.4, 0.5) is 5.13 Å². The number of nitrogens with zero attached hydrogens (tertiary/aromatic N) is 3. The molecule has 1 heterocycles. The van der Waals surface area contributed by atoms with E-state index in [2.05, 4.69) is 14.7 Å². The van der Waals surface area contributed by atoms with Gasteiger partial charge in [0.2, 0.25) is 15.0 Å². The van der Waals surface area contributed by atoms with Crippen molar-refractivity contribution >= 4 is 50.1 Å². The summed E-state index contributed by atoms with van der Waals surface area (Å²) in [6, 6.07) is 12.2.